The normalized spacial score (nSPS) is 10.6. The molecule has 0 saturated carbocycles. The molecule has 0 atom stereocenters. The van der Waals surface area contributed by atoms with Gasteiger partial charge in [-0.3, -0.25) is 13.9 Å². The Bertz CT molecular complexity index is 1040. The van der Waals surface area contributed by atoms with E-state index in [-0.39, 0.29) is 11.0 Å². The van der Waals surface area contributed by atoms with Crippen molar-refractivity contribution in [1.82, 2.24) is 14.1 Å². The van der Waals surface area contributed by atoms with Crippen LogP contribution in [0.25, 0.3) is 22.3 Å². The molecule has 6 heteroatoms. The second-order valence-electron chi connectivity index (χ2n) is 4.94. The van der Waals surface area contributed by atoms with Crippen LogP contribution >= 0.6 is 0 Å². The maximum Gasteiger partial charge on any atom is 0.332 e. The third-order valence-electron chi connectivity index (χ3n) is 3.60. The van der Waals surface area contributed by atoms with Crippen LogP contribution < -0.4 is 11.2 Å². The number of benzene rings is 1. The molecule has 3 rings (SSSR count). The lowest BCUT2D eigenvalue weighted by molar-refractivity contribution is 0.708. The number of hydrogen-bond acceptors (Lipinski definition) is 4. The van der Waals surface area contributed by atoms with E-state index < -0.39 is 11.2 Å². The van der Waals surface area contributed by atoms with E-state index in [1.165, 1.54) is 17.7 Å². The van der Waals surface area contributed by atoms with Crippen molar-refractivity contribution in [3.63, 3.8) is 0 Å². The second-order valence-corrected chi connectivity index (χ2v) is 4.94. The Morgan fingerprint density at radius 3 is 2.41 bits per heavy atom. The van der Waals surface area contributed by atoms with Crippen molar-refractivity contribution in [3.05, 3.63) is 62.8 Å². The number of hydrogen-bond donors (Lipinski definition) is 0. The van der Waals surface area contributed by atoms with Gasteiger partial charge in [-0.25, -0.2) is 9.78 Å². The van der Waals surface area contributed by atoms with E-state index in [1.54, 1.807) is 7.05 Å². The molecule has 0 radical (unpaired) electrons. The van der Waals surface area contributed by atoms with Crippen LogP contribution in [0.15, 0.2) is 46.0 Å². The number of aryl methyl sites for hydroxylation is 1. The molecule has 6 nitrogen and oxygen atoms in total. The van der Waals surface area contributed by atoms with Gasteiger partial charge < -0.3 is 0 Å². The van der Waals surface area contributed by atoms with Gasteiger partial charge in [0.2, 0.25) is 0 Å². The molecule has 3 aromatic rings. The Labute approximate surface area is 125 Å². The molecule has 0 aliphatic heterocycles. The van der Waals surface area contributed by atoms with E-state index >= 15 is 0 Å². The minimum Gasteiger partial charge on any atom is -0.280 e. The van der Waals surface area contributed by atoms with Crippen LogP contribution in [0.4, 0.5) is 0 Å². The van der Waals surface area contributed by atoms with Crippen LogP contribution in [0.5, 0.6) is 0 Å². The molecule has 0 fully saturated rings. The first-order valence-corrected chi connectivity index (χ1v) is 6.61. The maximum atomic E-state index is 12.2. The summed E-state index contributed by atoms with van der Waals surface area (Å²) >= 11 is 0. The number of nitrogens with zero attached hydrogens (tertiary/aromatic N) is 4. The van der Waals surface area contributed by atoms with Gasteiger partial charge in [0.25, 0.3) is 5.56 Å². The summed E-state index contributed by atoms with van der Waals surface area (Å²) in [6, 6.07) is 12.8. The van der Waals surface area contributed by atoms with Gasteiger partial charge in [-0.2, -0.15) is 5.26 Å². The number of aromatic nitrogens is 3. The largest absolute Gasteiger partial charge is 0.332 e. The third kappa shape index (κ3) is 1.91. The first-order valence-electron chi connectivity index (χ1n) is 6.61. The van der Waals surface area contributed by atoms with Crippen LogP contribution in [0.1, 0.15) is 5.56 Å². The molecule has 1 aromatic carbocycles. The van der Waals surface area contributed by atoms with Crippen molar-refractivity contribution in [2.75, 3.05) is 0 Å². The zero-order valence-corrected chi connectivity index (χ0v) is 12.1. The fourth-order valence-corrected chi connectivity index (χ4v) is 2.40. The van der Waals surface area contributed by atoms with Crippen molar-refractivity contribution in [1.29, 1.82) is 5.26 Å². The first-order chi connectivity index (χ1) is 10.5. The predicted octanol–water partition coefficient (Wildman–Crippen LogP) is 1.17. The van der Waals surface area contributed by atoms with Crippen molar-refractivity contribution in [2.45, 2.75) is 0 Å². The monoisotopic (exact) mass is 292 g/mol. The van der Waals surface area contributed by atoms with Crippen LogP contribution in [-0.2, 0) is 14.1 Å². The highest BCUT2D eigenvalue weighted by molar-refractivity contribution is 5.81. The molecule has 0 amide bonds. The lowest BCUT2D eigenvalue weighted by Crippen LogP contribution is -2.37. The van der Waals surface area contributed by atoms with Crippen molar-refractivity contribution >= 4 is 11.0 Å². The molecule has 0 N–H and O–H groups in total. The smallest absolute Gasteiger partial charge is 0.280 e. The lowest BCUT2D eigenvalue weighted by Gasteiger charge is -2.10. The van der Waals surface area contributed by atoms with Gasteiger partial charge in [-0.15, -0.1) is 0 Å². The van der Waals surface area contributed by atoms with Gasteiger partial charge in [-0.05, 0) is 6.07 Å². The van der Waals surface area contributed by atoms with E-state index in [0.717, 1.165) is 10.1 Å². The minimum absolute atomic E-state index is 0.251. The molecule has 0 saturated heterocycles. The maximum absolute atomic E-state index is 12.2. The van der Waals surface area contributed by atoms with Crippen molar-refractivity contribution < 1.29 is 0 Å². The van der Waals surface area contributed by atoms with Crippen LogP contribution in [0.2, 0.25) is 0 Å². The predicted molar refractivity (Wildman–Crippen MR) is 82.4 cm³/mol. The summed E-state index contributed by atoms with van der Waals surface area (Å²) in [5.74, 6) is 0. The third-order valence-corrected chi connectivity index (χ3v) is 3.60. The molecular formula is C16H12N4O2. The van der Waals surface area contributed by atoms with Crippen LogP contribution in [0.3, 0.4) is 0 Å². The van der Waals surface area contributed by atoms with Gasteiger partial charge in [0.05, 0.1) is 16.6 Å². The summed E-state index contributed by atoms with van der Waals surface area (Å²) in [5, 5.41) is 9.61. The molecule has 0 bridgehead atoms. The summed E-state index contributed by atoms with van der Waals surface area (Å²) < 4.78 is 2.32. The summed E-state index contributed by atoms with van der Waals surface area (Å²) in [7, 11) is 2.96. The van der Waals surface area contributed by atoms with Crippen molar-refractivity contribution in [2.24, 2.45) is 14.1 Å². The molecule has 0 spiro atoms. The summed E-state index contributed by atoms with van der Waals surface area (Å²) in [6.07, 6.45) is 0. The van der Waals surface area contributed by atoms with E-state index in [0.29, 0.717) is 11.3 Å². The Morgan fingerprint density at radius 1 is 1.09 bits per heavy atom. The Morgan fingerprint density at radius 2 is 1.77 bits per heavy atom. The summed E-state index contributed by atoms with van der Waals surface area (Å²) in [4.78, 5) is 28.6. The SMILES string of the molecule is Cn1c(=O)c2cc(C#N)c(-c3ccccc3)nc2n(C)c1=O. The molecule has 22 heavy (non-hydrogen) atoms. The minimum atomic E-state index is -0.457. The lowest BCUT2D eigenvalue weighted by atomic mass is 10.1. The standard InChI is InChI=1S/C16H12N4O2/c1-19-14-12(15(21)20(2)16(19)22)8-11(9-17)13(18-14)10-6-4-3-5-7-10/h3-8H,1-2H3. The second kappa shape index (κ2) is 4.97. The first kappa shape index (κ1) is 13.8. The number of pyridine rings is 1. The number of rotatable bonds is 1. The highest BCUT2D eigenvalue weighted by Crippen LogP contribution is 2.23. The van der Waals surface area contributed by atoms with Gasteiger partial charge >= 0.3 is 5.69 Å². The van der Waals surface area contributed by atoms with E-state index in [4.69, 9.17) is 0 Å². The zero-order valence-electron chi connectivity index (χ0n) is 12.1. The molecule has 0 aliphatic carbocycles. The Balaban J connectivity index is 2.50. The van der Waals surface area contributed by atoms with Crippen LogP contribution in [0, 0.1) is 11.3 Å². The zero-order chi connectivity index (χ0) is 15.9. The number of fused-ring (bicyclic) bond motifs is 1. The topological polar surface area (TPSA) is 80.7 Å². The van der Waals surface area contributed by atoms with E-state index in [9.17, 15) is 14.9 Å². The number of nitriles is 1. The molecule has 2 heterocycles. The van der Waals surface area contributed by atoms with Gasteiger partial charge in [-0.1, -0.05) is 30.3 Å². The molecule has 108 valence electrons. The van der Waals surface area contributed by atoms with Gasteiger partial charge in [0, 0.05) is 19.7 Å². The summed E-state index contributed by atoms with van der Waals surface area (Å²) in [6.45, 7) is 0. The fourth-order valence-electron chi connectivity index (χ4n) is 2.40. The van der Waals surface area contributed by atoms with E-state index in [1.807, 2.05) is 30.3 Å². The fraction of sp³-hybridized carbons (Fsp3) is 0.125. The highest BCUT2D eigenvalue weighted by Gasteiger charge is 2.15. The quantitative estimate of drug-likeness (QED) is 0.674. The molecule has 0 aliphatic rings. The van der Waals surface area contributed by atoms with Gasteiger partial charge in [0.15, 0.2) is 0 Å². The highest BCUT2D eigenvalue weighted by atomic mass is 16.2. The average molecular weight is 292 g/mol. The van der Waals surface area contributed by atoms with Gasteiger partial charge in [0.1, 0.15) is 11.7 Å². The Kier molecular flexibility index (Phi) is 3.11. The Hall–Kier alpha value is -3.20. The average Bonchev–Trinajstić information content (AvgIpc) is 2.57. The van der Waals surface area contributed by atoms with Crippen LogP contribution in [-0.4, -0.2) is 14.1 Å². The van der Waals surface area contributed by atoms with E-state index in [2.05, 4.69) is 11.1 Å². The molecule has 2 aromatic heterocycles. The molecular weight excluding hydrogens is 280 g/mol. The molecule has 0 unspecified atom stereocenters. The summed E-state index contributed by atoms with van der Waals surface area (Å²) in [5.41, 5.74) is 0.878. The van der Waals surface area contributed by atoms with Crippen molar-refractivity contribution in [3.8, 4) is 17.3 Å².